The van der Waals surface area contributed by atoms with Crippen molar-refractivity contribution in [2.24, 2.45) is 11.8 Å². The summed E-state index contributed by atoms with van der Waals surface area (Å²) in [7, 11) is 0. The maximum Gasteiger partial charge on any atom is 0.141 e. The highest BCUT2D eigenvalue weighted by atomic mass is 32.2. The van der Waals surface area contributed by atoms with E-state index in [2.05, 4.69) is 31.2 Å². The molecule has 31 heavy (non-hydrogen) atoms. The van der Waals surface area contributed by atoms with Gasteiger partial charge in [0.25, 0.3) is 0 Å². The zero-order valence-electron chi connectivity index (χ0n) is 18.4. The lowest BCUT2D eigenvalue weighted by Gasteiger charge is -2.29. The zero-order chi connectivity index (χ0) is 21.9. The van der Waals surface area contributed by atoms with Gasteiger partial charge in [0.15, 0.2) is 0 Å². The predicted octanol–water partition coefficient (Wildman–Crippen LogP) is 6.07. The molecule has 4 heteroatoms. The number of unbranched alkanes of at least 4 members (excludes halogenated alkanes) is 3. The van der Waals surface area contributed by atoms with Gasteiger partial charge < -0.3 is 9.84 Å². The van der Waals surface area contributed by atoms with Crippen molar-refractivity contribution in [1.82, 2.24) is 0 Å². The normalized spacial score (nSPS) is 22.3. The summed E-state index contributed by atoms with van der Waals surface area (Å²) in [5.74, 6) is -0.306. The molecule has 1 saturated carbocycles. The first kappa shape index (κ1) is 23.8. The first-order valence-corrected chi connectivity index (χ1v) is 12.3. The van der Waals surface area contributed by atoms with E-state index >= 15 is 0 Å². The minimum Gasteiger partial charge on any atom is -0.396 e. The van der Waals surface area contributed by atoms with E-state index in [0.29, 0.717) is 13.0 Å². The van der Waals surface area contributed by atoms with Crippen LogP contribution < -0.4 is 0 Å². The molecule has 1 fully saturated rings. The minimum atomic E-state index is -0.373. The van der Waals surface area contributed by atoms with Crippen LogP contribution in [-0.2, 0) is 16.1 Å². The molecule has 0 saturated heterocycles. The molecule has 0 aromatic heterocycles. The van der Waals surface area contributed by atoms with Crippen LogP contribution in [0.3, 0.4) is 0 Å². The van der Waals surface area contributed by atoms with Gasteiger partial charge in [0.2, 0.25) is 0 Å². The van der Waals surface area contributed by atoms with Gasteiger partial charge in [-0.05, 0) is 30.5 Å². The lowest BCUT2D eigenvalue weighted by atomic mass is 9.90. The Morgan fingerprint density at radius 2 is 1.81 bits per heavy atom. The molecule has 0 bridgehead atoms. The van der Waals surface area contributed by atoms with E-state index in [1.54, 1.807) is 11.8 Å². The van der Waals surface area contributed by atoms with Crippen molar-refractivity contribution in [3.63, 3.8) is 0 Å². The van der Waals surface area contributed by atoms with E-state index in [0.717, 1.165) is 12.0 Å². The summed E-state index contributed by atoms with van der Waals surface area (Å²) >= 11 is 1.77. The molecule has 3 rings (SSSR count). The molecule has 4 atom stereocenters. The van der Waals surface area contributed by atoms with Crippen molar-refractivity contribution in [3.05, 3.63) is 78.4 Å². The summed E-state index contributed by atoms with van der Waals surface area (Å²) in [5, 5.41) is 10.1. The molecular weight excluding hydrogens is 404 g/mol. The molecule has 2 aromatic rings. The minimum absolute atomic E-state index is 0.0474. The molecular formula is C27H34O3S. The Hall–Kier alpha value is -1.88. The van der Waals surface area contributed by atoms with Crippen molar-refractivity contribution < 1.29 is 14.6 Å². The molecule has 0 amide bonds. The number of hydrogen-bond donors (Lipinski definition) is 1. The monoisotopic (exact) mass is 438 g/mol. The largest absolute Gasteiger partial charge is 0.396 e. The van der Waals surface area contributed by atoms with Crippen LogP contribution in [0.5, 0.6) is 0 Å². The van der Waals surface area contributed by atoms with Crippen LogP contribution in [-0.4, -0.2) is 28.9 Å². The van der Waals surface area contributed by atoms with E-state index in [1.165, 1.54) is 24.2 Å². The van der Waals surface area contributed by atoms with Crippen LogP contribution >= 0.6 is 11.8 Å². The number of aliphatic hydroxyl groups excluding tert-OH is 1. The molecule has 0 radical (unpaired) electrons. The van der Waals surface area contributed by atoms with Gasteiger partial charge in [-0.3, -0.25) is 4.79 Å². The molecule has 1 N–H and O–H groups in total. The number of ketones is 1. The lowest BCUT2D eigenvalue weighted by molar-refractivity contribution is -0.122. The van der Waals surface area contributed by atoms with Gasteiger partial charge in [0.1, 0.15) is 5.78 Å². The van der Waals surface area contributed by atoms with Gasteiger partial charge in [-0.1, -0.05) is 80.4 Å². The van der Waals surface area contributed by atoms with Crippen molar-refractivity contribution >= 4 is 17.5 Å². The highest BCUT2D eigenvalue weighted by molar-refractivity contribution is 8.00. The van der Waals surface area contributed by atoms with Crippen LogP contribution in [0.15, 0.2) is 77.7 Å². The summed E-state index contributed by atoms with van der Waals surface area (Å²) < 4.78 is 6.29. The van der Waals surface area contributed by atoms with Crippen molar-refractivity contribution in [2.75, 3.05) is 6.61 Å². The van der Waals surface area contributed by atoms with Crippen molar-refractivity contribution in [1.29, 1.82) is 0 Å². The average molecular weight is 439 g/mol. The Balaban J connectivity index is 1.79. The van der Waals surface area contributed by atoms with Gasteiger partial charge in [-0.2, -0.15) is 0 Å². The summed E-state index contributed by atoms with van der Waals surface area (Å²) in [6, 6.07) is 20.4. The molecule has 0 heterocycles. The number of carbonyl (C=O) groups excluding carboxylic acids is 1. The van der Waals surface area contributed by atoms with E-state index in [1.807, 2.05) is 48.5 Å². The molecule has 1 aliphatic carbocycles. The smallest absolute Gasteiger partial charge is 0.141 e. The van der Waals surface area contributed by atoms with Crippen LogP contribution in [0.1, 0.15) is 44.6 Å². The third-order valence-corrected chi connectivity index (χ3v) is 7.20. The highest BCUT2D eigenvalue weighted by Crippen LogP contribution is 2.42. The number of allylic oxidation sites excluding steroid dienone is 1. The number of hydrogen-bond acceptors (Lipinski definition) is 4. The Morgan fingerprint density at radius 1 is 1.10 bits per heavy atom. The van der Waals surface area contributed by atoms with Crippen LogP contribution in [0, 0.1) is 11.8 Å². The van der Waals surface area contributed by atoms with E-state index in [4.69, 9.17) is 4.74 Å². The fourth-order valence-electron chi connectivity index (χ4n) is 4.22. The number of Topliss-reactive ketones (excluding diaryl/α,β-unsaturated/α-hetero) is 1. The molecule has 1 aliphatic rings. The average Bonchev–Trinajstić information content (AvgIpc) is 3.13. The fraction of sp³-hybridized carbons (Fsp3) is 0.444. The Bertz CT molecular complexity index is 806. The Kier molecular flexibility index (Phi) is 9.85. The number of benzene rings is 2. The summed E-state index contributed by atoms with van der Waals surface area (Å²) in [4.78, 5) is 13.9. The zero-order valence-corrected chi connectivity index (χ0v) is 19.2. The Morgan fingerprint density at radius 3 is 2.48 bits per heavy atom. The summed E-state index contributed by atoms with van der Waals surface area (Å²) in [6.07, 6.45) is 9.33. The number of rotatable bonds is 12. The molecule has 0 spiro atoms. The number of ether oxygens (including phenoxy) is 1. The lowest BCUT2D eigenvalue weighted by Crippen LogP contribution is -2.33. The summed E-state index contributed by atoms with van der Waals surface area (Å²) in [5.41, 5.74) is 1.10. The molecule has 166 valence electrons. The van der Waals surface area contributed by atoms with Crippen LogP contribution in [0.25, 0.3) is 0 Å². The molecule has 3 nitrogen and oxygen atoms in total. The topological polar surface area (TPSA) is 46.5 Å². The number of thioether (sulfide) groups is 1. The second kappa shape index (κ2) is 12.8. The second-order valence-electron chi connectivity index (χ2n) is 8.19. The maximum atomic E-state index is 12.7. The van der Waals surface area contributed by atoms with Crippen LogP contribution in [0.2, 0.25) is 0 Å². The van der Waals surface area contributed by atoms with Gasteiger partial charge in [-0.15, -0.1) is 11.8 Å². The van der Waals surface area contributed by atoms with E-state index in [9.17, 15) is 9.90 Å². The molecule has 2 aromatic carbocycles. The highest BCUT2D eigenvalue weighted by Gasteiger charge is 2.46. The SMILES string of the molecule is CCCCC/C=C/C(Sc1ccccc1)C1C(OCc2ccccc2)CC(=O)C1CO. The first-order valence-electron chi connectivity index (χ1n) is 11.4. The quantitative estimate of drug-likeness (QED) is 0.248. The number of carbonyl (C=O) groups is 1. The van der Waals surface area contributed by atoms with Gasteiger partial charge in [0, 0.05) is 28.4 Å². The Labute approximate surface area is 190 Å². The van der Waals surface area contributed by atoms with Gasteiger partial charge >= 0.3 is 0 Å². The fourth-order valence-corrected chi connectivity index (χ4v) is 5.56. The first-order chi connectivity index (χ1) is 15.2. The van der Waals surface area contributed by atoms with E-state index in [-0.39, 0.29) is 35.6 Å². The van der Waals surface area contributed by atoms with E-state index < -0.39 is 0 Å². The van der Waals surface area contributed by atoms with Gasteiger partial charge in [0.05, 0.1) is 19.3 Å². The number of aliphatic hydroxyl groups is 1. The second-order valence-corrected chi connectivity index (χ2v) is 9.44. The molecule has 4 unspecified atom stereocenters. The van der Waals surface area contributed by atoms with Crippen molar-refractivity contribution in [3.8, 4) is 0 Å². The third-order valence-electron chi connectivity index (χ3n) is 5.91. The van der Waals surface area contributed by atoms with Crippen LogP contribution in [0.4, 0.5) is 0 Å². The van der Waals surface area contributed by atoms with Crippen molar-refractivity contribution in [2.45, 2.75) is 61.9 Å². The van der Waals surface area contributed by atoms with Gasteiger partial charge in [-0.25, -0.2) is 0 Å². The maximum absolute atomic E-state index is 12.7. The summed E-state index contributed by atoms with van der Waals surface area (Å²) in [6.45, 7) is 2.57. The predicted molar refractivity (Wildman–Crippen MR) is 128 cm³/mol. The third kappa shape index (κ3) is 7.06. The molecule has 0 aliphatic heterocycles. The standard InChI is InChI=1S/C27H34O3S/c1-2-3-4-5-12-17-26(31-22-15-10-7-11-16-22)27-23(19-28)24(29)18-25(27)30-20-21-13-8-6-9-14-21/h6-17,23,25-28H,2-5,18-20H2,1H3/b17-12+.